The summed E-state index contributed by atoms with van der Waals surface area (Å²) in [5.41, 5.74) is 2.04. The van der Waals surface area contributed by atoms with Gasteiger partial charge in [-0.2, -0.15) is 0 Å². The summed E-state index contributed by atoms with van der Waals surface area (Å²) in [6.07, 6.45) is 0.864. The van der Waals surface area contributed by atoms with Gasteiger partial charge in [0.05, 0.1) is 13.2 Å². The van der Waals surface area contributed by atoms with Crippen LogP contribution in [0.25, 0.3) is 0 Å². The fourth-order valence-electron chi connectivity index (χ4n) is 2.46. The van der Waals surface area contributed by atoms with Crippen LogP contribution >= 0.6 is 11.6 Å². The molecule has 0 aliphatic carbocycles. The Kier molecular flexibility index (Phi) is 8.06. The Bertz CT molecular complexity index is 642. The topological polar surface area (TPSA) is 50.7 Å². The predicted molar refractivity (Wildman–Crippen MR) is 101 cm³/mol. The van der Waals surface area contributed by atoms with Gasteiger partial charge in [0.1, 0.15) is 6.61 Å². The predicted octanol–water partition coefficient (Wildman–Crippen LogP) is 4.18. The number of hydrogen-bond donors (Lipinski definition) is 2. The first kappa shape index (κ1) is 19.6. The van der Waals surface area contributed by atoms with Gasteiger partial charge in [-0.3, -0.25) is 0 Å². The molecule has 1 atom stereocenters. The minimum atomic E-state index is 0.0693. The van der Waals surface area contributed by atoms with E-state index in [0.29, 0.717) is 24.8 Å². The summed E-state index contributed by atoms with van der Waals surface area (Å²) >= 11 is 5.93. The van der Waals surface area contributed by atoms with E-state index in [0.717, 1.165) is 29.0 Å². The van der Waals surface area contributed by atoms with Crippen molar-refractivity contribution in [3.05, 3.63) is 58.6 Å². The Balaban J connectivity index is 2.15. The van der Waals surface area contributed by atoms with E-state index in [1.165, 1.54) is 0 Å². The van der Waals surface area contributed by atoms with Crippen LogP contribution in [0.5, 0.6) is 11.5 Å². The number of nitrogens with one attached hydrogen (secondary N) is 1. The number of benzene rings is 2. The van der Waals surface area contributed by atoms with Crippen LogP contribution in [0.3, 0.4) is 0 Å². The van der Waals surface area contributed by atoms with Gasteiger partial charge in [-0.15, -0.1) is 0 Å². The first-order valence-corrected chi connectivity index (χ1v) is 9.01. The lowest BCUT2D eigenvalue weighted by Gasteiger charge is -2.19. The minimum Gasteiger partial charge on any atom is -0.490 e. The third kappa shape index (κ3) is 5.92. The maximum absolute atomic E-state index is 9.36. The summed E-state index contributed by atoms with van der Waals surface area (Å²) in [6.45, 7) is 5.72. The average Bonchev–Trinajstić information content (AvgIpc) is 2.63. The first-order chi connectivity index (χ1) is 12.2. The maximum atomic E-state index is 9.36. The lowest BCUT2D eigenvalue weighted by molar-refractivity contribution is 0.236. The highest BCUT2D eigenvalue weighted by molar-refractivity contribution is 6.30. The Morgan fingerprint density at radius 3 is 2.48 bits per heavy atom. The fourth-order valence-corrected chi connectivity index (χ4v) is 2.59. The van der Waals surface area contributed by atoms with Crippen molar-refractivity contribution in [2.75, 3.05) is 13.2 Å². The van der Waals surface area contributed by atoms with Gasteiger partial charge >= 0.3 is 0 Å². The third-order valence-electron chi connectivity index (χ3n) is 3.95. The van der Waals surface area contributed by atoms with Crippen molar-refractivity contribution in [1.29, 1.82) is 0 Å². The summed E-state index contributed by atoms with van der Waals surface area (Å²) in [7, 11) is 0. The van der Waals surface area contributed by atoms with Gasteiger partial charge in [-0.25, -0.2) is 0 Å². The number of para-hydroxylation sites is 1. The average molecular weight is 364 g/mol. The number of halogens is 1. The van der Waals surface area contributed by atoms with E-state index in [4.69, 9.17) is 21.1 Å². The van der Waals surface area contributed by atoms with Crippen molar-refractivity contribution in [3.8, 4) is 11.5 Å². The lowest BCUT2D eigenvalue weighted by Crippen LogP contribution is -2.31. The monoisotopic (exact) mass is 363 g/mol. The highest BCUT2D eigenvalue weighted by Crippen LogP contribution is 2.32. The molecule has 0 spiro atoms. The van der Waals surface area contributed by atoms with E-state index in [1.807, 2.05) is 56.3 Å². The lowest BCUT2D eigenvalue weighted by atomic mass is 10.1. The summed E-state index contributed by atoms with van der Waals surface area (Å²) in [5.74, 6) is 1.47. The number of hydrogen-bond acceptors (Lipinski definition) is 4. The van der Waals surface area contributed by atoms with Gasteiger partial charge < -0.3 is 19.9 Å². The Morgan fingerprint density at radius 1 is 1.08 bits per heavy atom. The van der Waals surface area contributed by atoms with Crippen LogP contribution in [-0.4, -0.2) is 24.4 Å². The molecule has 0 saturated carbocycles. The molecule has 136 valence electrons. The van der Waals surface area contributed by atoms with Crippen molar-refractivity contribution in [2.24, 2.45) is 0 Å². The van der Waals surface area contributed by atoms with Crippen molar-refractivity contribution < 1.29 is 14.6 Å². The van der Waals surface area contributed by atoms with E-state index in [1.54, 1.807) is 0 Å². The minimum absolute atomic E-state index is 0.0693. The van der Waals surface area contributed by atoms with E-state index < -0.39 is 0 Å². The van der Waals surface area contributed by atoms with Crippen LogP contribution in [0.15, 0.2) is 42.5 Å². The molecule has 0 fully saturated rings. The van der Waals surface area contributed by atoms with Crippen molar-refractivity contribution >= 4 is 11.6 Å². The standard InChI is InChI=1S/C20H26ClNO3/c1-3-18(13-23)22-12-16-6-5-7-19(24-4-2)20(16)25-14-15-8-10-17(21)11-9-15/h5-11,18,22-23H,3-4,12-14H2,1-2H3/t18-/m0/s1. The largest absolute Gasteiger partial charge is 0.490 e. The summed E-state index contributed by atoms with van der Waals surface area (Å²) in [5, 5.41) is 13.4. The van der Waals surface area contributed by atoms with Crippen molar-refractivity contribution in [1.82, 2.24) is 5.32 Å². The van der Waals surface area contributed by atoms with Crippen LogP contribution in [0.1, 0.15) is 31.4 Å². The molecule has 0 radical (unpaired) electrons. The zero-order valence-electron chi connectivity index (χ0n) is 14.8. The first-order valence-electron chi connectivity index (χ1n) is 8.64. The van der Waals surface area contributed by atoms with Gasteiger partial charge in [0.2, 0.25) is 0 Å². The molecule has 0 bridgehead atoms. The second kappa shape index (κ2) is 10.3. The molecule has 0 aliphatic rings. The van der Waals surface area contributed by atoms with Crippen LogP contribution in [0.4, 0.5) is 0 Å². The molecule has 0 aliphatic heterocycles. The molecular weight excluding hydrogens is 338 g/mol. The Morgan fingerprint density at radius 2 is 1.84 bits per heavy atom. The molecule has 0 unspecified atom stereocenters. The number of aliphatic hydroxyl groups excluding tert-OH is 1. The van der Waals surface area contributed by atoms with Gasteiger partial charge in [0.25, 0.3) is 0 Å². The quantitative estimate of drug-likeness (QED) is 0.665. The van der Waals surface area contributed by atoms with Gasteiger partial charge in [0, 0.05) is 23.2 Å². The molecule has 0 aromatic heterocycles. The normalized spacial score (nSPS) is 12.0. The second-order valence-corrected chi connectivity index (χ2v) is 6.20. The molecule has 5 heteroatoms. The van der Waals surface area contributed by atoms with E-state index in [-0.39, 0.29) is 12.6 Å². The van der Waals surface area contributed by atoms with Crippen LogP contribution in [0, 0.1) is 0 Å². The molecule has 0 amide bonds. The van der Waals surface area contributed by atoms with Crippen LogP contribution in [-0.2, 0) is 13.2 Å². The van der Waals surface area contributed by atoms with E-state index in [2.05, 4.69) is 5.32 Å². The zero-order chi connectivity index (χ0) is 18.1. The Labute approximate surface area is 154 Å². The van der Waals surface area contributed by atoms with Crippen molar-refractivity contribution in [3.63, 3.8) is 0 Å². The molecule has 0 heterocycles. The molecule has 25 heavy (non-hydrogen) atoms. The third-order valence-corrected chi connectivity index (χ3v) is 4.20. The number of aliphatic hydroxyl groups is 1. The van der Waals surface area contributed by atoms with Gasteiger partial charge in [-0.1, -0.05) is 42.8 Å². The fraction of sp³-hybridized carbons (Fsp3) is 0.400. The molecule has 2 aromatic carbocycles. The highest BCUT2D eigenvalue weighted by atomic mass is 35.5. The van der Waals surface area contributed by atoms with E-state index in [9.17, 15) is 5.11 Å². The SMILES string of the molecule is CCOc1cccc(CN[C@@H](CC)CO)c1OCc1ccc(Cl)cc1. The van der Waals surface area contributed by atoms with Crippen LogP contribution < -0.4 is 14.8 Å². The second-order valence-electron chi connectivity index (χ2n) is 5.76. The number of ether oxygens (including phenoxy) is 2. The maximum Gasteiger partial charge on any atom is 0.166 e. The van der Waals surface area contributed by atoms with Crippen LogP contribution in [0.2, 0.25) is 5.02 Å². The smallest absolute Gasteiger partial charge is 0.166 e. The van der Waals surface area contributed by atoms with Gasteiger partial charge in [-0.05, 0) is 37.1 Å². The summed E-state index contributed by atoms with van der Waals surface area (Å²) in [6, 6.07) is 13.5. The molecule has 4 nitrogen and oxygen atoms in total. The molecular formula is C20H26ClNO3. The Hall–Kier alpha value is -1.75. The molecule has 2 rings (SSSR count). The van der Waals surface area contributed by atoms with E-state index >= 15 is 0 Å². The molecule has 0 saturated heterocycles. The summed E-state index contributed by atoms with van der Waals surface area (Å²) < 4.78 is 11.8. The summed E-state index contributed by atoms with van der Waals surface area (Å²) in [4.78, 5) is 0. The highest BCUT2D eigenvalue weighted by Gasteiger charge is 2.13. The zero-order valence-corrected chi connectivity index (χ0v) is 15.6. The van der Waals surface area contributed by atoms with Crippen molar-refractivity contribution in [2.45, 2.75) is 39.5 Å². The number of rotatable bonds is 10. The van der Waals surface area contributed by atoms with Gasteiger partial charge in [0.15, 0.2) is 11.5 Å². The molecule has 2 N–H and O–H groups in total. The molecule has 2 aromatic rings.